The van der Waals surface area contributed by atoms with E-state index < -0.39 is 17.8 Å². The van der Waals surface area contributed by atoms with Gasteiger partial charge in [0, 0.05) is 28.8 Å². The number of carbonyl (C=O) groups is 1. The van der Waals surface area contributed by atoms with Crippen LogP contribution >= 0.6 is 11.6 Å². The Hall–Kier alpha value is -2.92. The smallest absolute Gasteiger partial charge is 0.256 e. The van der Waals surface area contributed by atoms with Crippen LogP contribution in [0.4, 0.5) is 14.5 Å². The molecular weight excluding hydrogens is 370 g/mol. The number of nitrogens with zero attached hydrogens (tertiary/aromatic N) is 1. The molecule has 0 fully saturated rings. The fourth-order valence-electron chi connectivity index (χ4n) is 3.25. The van der Waals surface area contributed by atoms with Crippen LogP contribution in [0.3, 0.4) is 0 Å². The number of halogens is 3. The Morgan fingerprint density at radius 2 is 1.74 bits per heavy atom. The topological polar surface area (TPSA) is 32.3 Å². The highest BCUT2D eigenvalue weighted by molar-refractivity contribution is 6.31. The minimum atomic E-state index is -0.638. The van der Waals surface area contributed by atoms with Crippen LogP contribution in [0.15, 0.2) is 66.7 Å². The second kappa shape index (κ2) is 7.00. The second-order valence-electron chi connectivity index (χ2n) is 6.28. The molecule has 0 saturated carbocycles. The van der Waals surface area contributed by atoms with Crippen LogP contribution in [0.2, 0.25) is 5.02 Å². The molecule has 0 aromatic heterocycles. The molecule has 0 bridgehead atoms. The zero-order chi connectivity index (χ0) is 19.0. The number of fused-ring (bicyclic) bond motifs is 1. The van der Waals surface area contributed by atoms with Crippen LogP contribution in [0.5, 0.6) is 0 Å². The zero-order valence-corrected chi connectivity index (χ0v) is 14.9. The van der Waals surface area contributed by atoms with Gasteiger partial charge in [0.05, 0.1) is 5.69 Å². The van der Waals surface area contributed by atoms with Crippen molar-refractivity contribution in [2.24, 2.45) is 0 Å². The van der Waals surface area contributed by atoms with Crippen molar-refractivity contribution in [1.82, 2.24) is 4.90 Å². The highest BCUT2D eigenvalue weighted by Crippen LogP contribution is 2.36. The molecular formula is C21H15ClF2N2O. The molecule has 1 heterocycles. The molecule has 0 aliphatic carbocycles. The van der Waals surface area contributed by atoms with E-state index in [1.807, 2.05) is 24.3 Å². The normalized spacial score (nSPS) is 15.7. The van der Waals surface area contributed by atoms with Crippen LogP contribution in [0.25, 0.3) is 0 Å². The highest BCUT2D eigenvalue weighted by atomic mass is 35.5. The van der Waals surface area contributed by atoms with E-state index in [0.29, 0.717) is 16.1 Å². The maximum absolute atomic E-state index is 14.2. The third-order valence-electron chi connectivity index (χ3n) is 4.58. The Bertz CT molecular complexity index is 1020. The molecule has 1 aliphatic heterocycles. The van der Waals surface area contributed by atoms with Crippen molar-refractivity contribution in [3.8, 4) is 0 Å². The molecule has 6 heteroatoms. The van der Waals surface area contributed by atoms with E-state index in [4.69, 9.17) is 11.6 Å². The van der Waals surface area contributed by atoms with E-state index in [1.165, 1.54) is 0 Å². The number of carbonyl (C=O) groups excluding carboxylic acids is 1. The van der Waals surface area contributed by atoms with E-state index in [9.17, 15) is 13.6 Å². The van der Waals surface area contributed by atoms with Crippen LogP contribution in [-0.4, -0.2) is 10.8 Å². The molecule has 0 radical (unpaired) electrons. The molecule has 0 saturated heterocycles. The monoisotopic (exact) mass is 384 g/mol. The average Bonchev–Trinajstić information content (AvgIpc) is 2.92. The molecule has 0 spiro atoms. The minimum absolute atomic E-state index is 0.00587. The van der Waals surface area contributed by atoms with E-state index in [-0.39, 0.29) is 18.1 Å². The van der Waals surface area contributed by atoms with Gasteiger partial charge in [-0.05, 0) is 29.8 Å². The second-order valence-corrected chi connectivity index (χ2v) is 6.69. The van der Waals surface area contributed by atoms with Crippen LogP contribution in [-0.2, 0) is 6.54 Å². The van der Waals surface area contributed by atoms with Gasteiger partial charge in [0.25, 0.3) is 5.91 Å². The molecule has 136 valence electrons. The van der Waals surface area contributed by atoms with Crippen molar-refractivity contribution in [2.45, 2.75) is 12.7 Å². The lowest BCUT2D eigenvalue weighted by atomic mass is 10.1. The van der Waals surface area contributed by atoms with E-state index >= 15 is 0 Å². The van der Waals surface area contributed by atoms with Gasteiger partial charge in [-0.25, -0.2) is 8.78 Å². The molecule has 1 amide bonds. The van der Waals surface area contributed by atoms with Gasteiger partial charge in [0.15, 0.2) is 0 Å². The van der Waals surface area contributed by atoms with Crippen molar-refractivity contribution < 1.29 is 13.6 Å². The first-order valence-corrected chi connectivity index (χ1v) is 8.77. The van der Waals surface area contributed by atoms with E-state index in [0.717, 1.165) is 23.8 Å². The maximum atomic E-state index is 14.2. The van der Waals surface area contributed by atoms with Gasteiger partial charge in [0.1, 0.15) is 17.8 Å². The predicted octanol–water partition coefficient (Wildman–Crippen LogP) is 5.38. The summed E-state index contributed by atoms with van der Waals surface area (Å²) in [5, 5.41) is 3.51. The third-order valence-corrected chi connectivity index (χ3v) is 4.95. The van der Waals surface area contributed by atoms with Crippen LogP contribution in [0.1, 0.15) is 27.7 Å². The van der Waals surface area contributed by atoms with Gasteiger partial charge in [-0.2, -0.15) is 0 Å². The van der Waals surface area contributed by atoms with Crippen LogP contribution < -0.4 is 5.32 Å². The average molecular weight is 385 g/mol. The van der Waals surface area contributed by atoms with E-state index in [1.54, 1.807) is 29.2 Å². The van der Waals surface area contributed by atoms with Gasteiger partial charge in [0.2, 0.25) is 0 Å². The number of hydrogen-bond acceptors (Lipinski definition) is 2. The predicted molar refractivity (Wildman–Crippen MR) is 100 cm³/mol. The minimum Gasteiger partial charge on any atom is -0.359 e. The van der Waals surface area contributed by atoms with Crippen molar-refractivity contribution >= 4 is 23.2 Å². The van der Waals surface area contributed by atoms with Gasteiger partial charge in [-0.1, -0.05) is 48.0 Å². The molecule has 3 aromatic carbocycles. The quantitative estimate of drug-likeness (QED) is 0.654. The standard InChI is InChI=1S/C21H15ClF2N2O/c22-17-8-4-1-5-13(17)12-26-20(15-6-2-3-7-16(15)21(26)27)25-19-11-14(23)9-10-18(19)24/h1-11,20,25H,12H2/t20-/m1/s1. The SMILES string of the molecule is O=C1c2ccccc2[C@H](Nc2cc(F)ccc2F)N1Cc1ccccc1Cl. The summed E-state index contributed by atoms with van der Waals surface area (Å²) in [5.41, 5.74) is 2.00. The van der Waals surface area contributed by atoms with Gasteiger partial charge in [-0.3, -0.25) is 4.79 Å². The summed E-state index contributed by atoms with van der Waals surface area (Å²) in [6.45, 7) is 0.238. The summed E-state index contributed by atoms with van der Waals surface area (Å²) < 4.78 is 27.7. The highest BCUT2D eigenvalue weighted by Gasteiger charge is 2.37. The molecule has 3 aromatic rings. The Kier molecular flexibility index (Phi) is 4.54. The first kappa shape index (κ1) is 17.5. The summed E-state index contributed by atoms with van der Waals surface area (Å²) in [6.07, 6.45) is -0.638. The first-order chi connectivity index (χ1) is 13.0. The number of nitrogens with one attached hydrogen (secondary N) is 1. The summed E-state index contributed by atoms with van der Waals surface area (Å²) >= 11 is 6.25. The Labute approximate surface area is 160 Å². The van der Waals surface area contributed by atoms with E-state index in [2.05, 4.69) is 5.32 Å². The summed E-state index contributed by atoms with van der Waals surface area (Å²) in [4.78, 5) is 14.5. The Morgan fingerprint density at radius 1 is 1.00 bits per heavy atom. The van der Waals surface area contributed by atoms with Gasteiger partial charge in [-0.15, -0.1) is 0 Å². The zero-order valence-electron chi connectivity index (χ0n) is 14.1. The maximum Gasteiger partial charge on any atom is 0.256 e. The number of hydrogen-bond donors (Lipinski definition) is 1. The molecule has 0 unspecified atom stereocenters. The molecule has 4 rings (SSSR count). The first-order valence-electron chi connectivity index (χ1n) is 8.39. The molecule has 3 nitrogen and oxygen atoms in total. The van der Waals surface area contributed by atoms with Gasteiger partial charge < -0.3 is 10.2 Å². The fourth-order valence-corrected chi connectivity index (χ4v) is 3.45. The summed E-state index contributed by atoms with van der Waals surface area (Å²) in [7, 11) is 0. The van der Waals surface area contributed by atoms with Crippen molar-refractivity contribution in [3.05, 3.63) is 100 Å². The lowest BCUT2D eigenvalue weighted by Crippen LogP contribution is -2.32. The molecule has 1 atom stereocenters. The Morgan fingerprint density at radius 3 is 2.56 bits per heavy atom. The lowest BCUT2D eigenvalue weighted by Gasteiger charge is -2.27. The third kappa shape index (κ3) is 3.26. The summed E-state index contributed by atoms with van der Waals surface area (Å²) in [5.74, 6) is -1.35. The number of rotatable bonds is 4. The summed E-state index contributed by atoms with van der Waals surface area (Å²) in [6, 6.07) is 17.5. The fraction of sp³-hybridized carbons (Fsp3) is 0.0952. The molecule has 1 N–H and O–H groups in total. The van der Waals surface area contributed by atoms with Crippen molar-refractivity contribution in [1.29, 1.82) is 0 Å². The molecule has 27 heavy (non-hydrogen) atoms. The van der Waals surface area contributed by atoms with Gasteiger partial charge >= 0.3 is 0 Å². The Balaban J connectivity index is 1.74. The number of amides is 1. The van der Waals surface area contributed by atoms with Crippen molar-refractivity contribution in [3.63, 3.8) is 0 Å². The van der Waals surface area contributed by atoms with Crippen molar-refractivity contribution in [2.75, 3.05) is 5.32 Å². The largest absolute Gasteiger partial charge is 0.359 e. The number of anilines is 1. The molecule has 1 aliphatic rings. The van der Waals surface area contributed by atoms with Crippen LogP contribution in [0, 0.1) is 11.6 Å². The number of benzene rings is 3. The lowest BCUT2D eigenvalue weighted by molar-refractivity contribution is 0.0728.